The van der Waals surface area contributed by atoms with Crippen LogP contribution >= 0.6 is 11.3 Å². The minimum absolute atomic E-state index is 0.264. The van der Waals surface area contributed by atoms with Crippen molar-refractivity contribution >= 4 is 23.2 Å². The molecule has 0 radical (unpaired) electrons. The molecule has 0 saturated carbocycles. The zero-order valence-electron chi connectivity index (χ0n) is 13.7. The molecule has 1 N–H and O–H groups in total. The second-order valence-corrected chi connectivity index (χ2v) is 6.47. The van der Waals surface area contributed by atoms with Crippen LogP contribution in [0.15, 0.2) is 72.4 Å². The minimum Gasteiger partial charge on any atom is -0.288 e. The maximum atomic E-state index is 12.4. The number of thiazole rings is 1. The average Bonchev–Trinajstić information content (AvgIpc) is 3.33. The Labute approximate surface area is 154 Å². The van der Waals surface area contributed by atoms with Crippen LogP contribution < -0.4 is 5.32 Å². The number of carbonyl (C=O) groups excluding carboxylic acids is 1. The highest BCUT2D eigenvalue weighted by molar-refractivity contribution is 7.13. The Kier molecular flexibility index (Phi) is 4.53. The Morgan fingerprint density at radius 3 is 2.54 bits per heavy atom. The largest absolute Gasteiger partial charge is 0.288 e. The number of rotatable bonds is 5. The van der Waals surface area contributed by atoms with Gasteiger partial charge in [0.25, 0.3) is 5.91 Å². The average molecular weight is 361 g/mol. The molecule has 0 spiro atoms. The van der Waals surface area contributed by atoms with Crippen LogP contribution in [-0.2, 0) is 6.54 Å². The maximum absolute atomic E-state index is 12.4. The van der Waals surface area contributed by atoms with E-state index in [0.717, 1.165) is 16.1 Å². The number of anilines is 1. The number of amides is 1. The molecule has 0 bridgehead atoms. The number of carbonyl (C=O) groups is 1. The molecule has 0 aliphatic heterocycles. The predicted molar refractivity (Wildman–Crippen MR) is 101 cm³/mol. The quantitative estimate of drug-likeness (QED) is 0.588. The van der Waals surface area contributed by atoms with E-state index < -0.39 is 0 Å². The van der Waals surface area contributed by atoms with Crippen molar-refractivity contribution in [2.24, 2.45) is 0 Å². The highest BCUT2D eigenvalue weighted by Gasteiger charge is 2.14. The van der Waals surface area contributed by atoms with E-state index >= 15 is 0 Å². The lowest BCUT2D eigenvalue weighted by Crippen LogP contribution is -2.14. The van der Waals surface area contributed by atoms with Crippen molar-refractivity contribution in [2.75, 3.05) is 5.32 Å². The summed E-state index contributed by atoms with van der Waals surface area (Å²) in [4.78, 5) is 20.9. The van der Waals surface area contributed by atoms with Crippen LogP contribution in [0.5, 0.6) is 0 Å². The molecule has 1 amide bonds. The van der Waals surface area contributed by atoms with Crippen LogP contribution in [0, 0.1) is 0 Å². The molecular formula is C19H15N5OS. The van der Waals surface area contributed by atoms with Gasteiger partial charge in [0.1, 0.15) is 17.0 Å². The molecule has 0 fully saturated rings. The third kappa shape index (κ3) is 3.68. The van der Waals surface area contributed by atoms with Crippen molar-refractivity contribution in [3.63, 3.8) is 0 Å². The second kappa shape index (κ2) is 7.28. The molecule has 0 saturated heterocycles. The van der Waals surface area contributed by atoms with E-state index in [1.165, 1.54) is 11.3 Å². The second-order valence-electron chi connectivity index (χ2n) is 5.61. The van der Waals surface area contributed by atoms with Crippen molar-refractivity contribution < 1.29 is 4.79 Å². The number of hydrogen-bond acceptors (Lipinski definition) is 5. The van der Waals surface area contributed by atoms with Crippen LogP contribution in [0.2, 0.25) is 0 Å². The Morgan fingerprint density at radius 1 is 1.04 bits per heavy atom. The number of nitrogens with one attached hydrogen (secondary N) is 1. The van der Waals surface area contributed by atoms with Gasteiger partial charge in [-0.15, -0.1) is 16.4 Å². The van der Waals surface area contributed by atoms with Crippen LogP contribution in [0.1, 0.15) is 16.1 Å². The molecule has 4 aromatic rings. The van der Waals surface area contributed by atoms with Gasteiger partial charge < -0.3 is 0 Å². The number of aromatic nitrogens is 4. The predicted octanol–water partition coefficient (Wildman–Crippen LogP) is 3.70. The smallest absolute Gasteiger partial charge is 0.277 e. The van der Waals surface area contributed by atoms with Gasteiger partial charge in [-0.3, -0.25) is 10.1 Å². The lowest BCUT2D eigenvalue weighted by Gasteiger charge is -2.00. The van der Waals surface area contributed by atoms with Gasteiger partial charge in [0.05, 0.1) is 6.54 Å². The minimum atomic E-state index is -0.319. The van der Waals surface area contributed by atoms with Crippen LogP contribution in [0.3, 0.4) is 0 Å². The van der Waals surface area contributed by atoms with E-state index in [2.05, 4.69) is 20.4 Å². The van der Waals surface area contributed by atoms with Gasteiger partial charge in [-0.1, -0.05) is 60.7 Å². The maximum Gasteiger partial charge on any atom is 0.277 e. The molecule has 0 atom stereocenters. The first kappa shape index (κ1) is 16.2. The summed E-state index contributed by atoms with van der Waals surface area (Å²) in [7, 11) is 0. The molecule has 2 heterocycles. The topological polar surface area (TPSA) is 72.7 Å². The van der Waals surface area contributed by atoms with E-state index in [1.807, 2.05) is 60.7 Å². The number of nitrogens with zero attached hydrogens (tertiary/aromatic N) is 4. The van der Waals surface area contributed by atoms with Crippen LogP contribution in [0.25, 0.3) is 10.6 Å². The number of hydrogen-bond donors (Lipinski definition) is 1. The van der Waals surface area contributed by atoms with Gasteiger partial charge in [0, 0.05) is 10.9 Å². The summed E-state index contributed by atoms with van der Waals surface area (Å²) in [5, 5.41) is 9.52. The molecular weight excluding hydrogens is 346 g/mol. The Balaban J connectivity index is 1.43. The lowest BCUT2D eigenvalue weighted by molar-refractivity contribution is 0.102. The Morgan fingerprint density at radius 2 is 1.77 bits per heavy atom. The van der Waals surface area contributed by atoms with Crippen molar-refractivity contribution in [1.82, 2.24) is 19.7 Å². The first-order chi connectivity index (χ1) is 12.8. The summed E-state index contributed by atoms with van der Waals surface area (Å²) in [5.74, 6) is -0.0546. The van der Waals surface area contributed by atoms with E-state index in [9.17, 15) is 4.79 Å². The molecule has 0 aliphatic rings. The van der Waals surface area contributed by atoms with Gasteiger partial charge in [-0.2, -0.15) is 0 Å². The zero-order chi connectivity index (χ0) is 17.8. The molecule has 6 nitrogen and oxygen atoms in total. The fraction of sp³-hybridized carbons (Fsp3) is 0.0526. The molecule has 0 aliphatic carbocycles. The molecule has 2 aromatic heterocycles. The third-order valence-corrected chi connectivity index (χ3v) is 4.60. The van der Waals surface area contributed by atoms with E-state index in [0.29, 0.717) is 12.2 Å². The standard InChI is InChI=1S/C19H15N5OS/c25-17(16-12-26-18(21-16)15-9-5-2-6-10-15)22-19-20-13-24(23-19)11-14-7-3-1-4-8-14/h1-10,12-13H,11H2,(H,22,23,25). The van der Waals surface area contributed by atoms with Gasteiger partial charge in [-0.25, -0.2) is 14.6 Å². The highest BCUT2D eigenvalue weighted by Crippen LogP contribution is 2.23. The van der Waals surface area contributed by atoms with Gasteiger partial charge in [0.15, 0.2) is 0 Å². The van der Waals surface area contributed by atoms with E-state index in [1.54, 1.807) is 16.4 Å². The monoisotopic (exact) mass is 361 g/mol. The fourth-order valence-electron chi connectivity index (χ4n) is 2.46. The summed E-state index contributed by atoms with van der Waals surface area (Å²) in [6, 6.07) is 19.7. The fourth-order valence-corrected chi connectivity index (χ4v) is 3.26. The number of benzene rings is 2. The summed E-state index contributed by atoms with van der Waals surface area (Å²) in [6.07, 6.45) is 1.60. The molecule has 4 rings (SSSR count). The SMILES string of the molecule is O=C(Nc1ncn(Cc2ccccc2)n1)c1csc(-c2ccccc2)n1. The summed E-state index contributed by atoms with van der Waals surface area (Å²) < 4.78 is 1.68. The Hall–Kier alpha value is -3.32. The van der Waals surface area contributed by atoms with Gasteiger partial charge >= 0.3 is 0 Å². The summed E-state index contributed by atoms with van der Waals surface area (Å²) >= 11 is 1.43. The van der Waals surface area contributed by atoms with Crippen LogP contribution in [0.4, 0.5) is 5.95 Å². The van der Waals surface area contributed by atoms with Crippen molar-refractivity contribution in [3.05, 3.63) is 83.6 Å². The Bertz CT molecular complexity index is 1010. The first-order valence-electron chi connectivity index (χ1n) is 8.03. The zero-order valence-corrected chi connectivity index (χ0v) is 14.6. The van der Waals surface area contributed by atoms with Crippen LogP contribution in [-0.4, -0.2) is 25.7 Å². The lowest BCUT2D eigenvalue weighted by atomic mass is 10.2. The molecule has 26 heavy (non-hydrogen) atoms. The van der Waals surface area contributed by atoms with E-state index in [4.69, 9.17) is 0 Å². The first-order valence-corrected chi connectivity index (χ1v) is 8.91. The normalized spacial score (nSPS) is 10.6. The van der Waals surface area contributed by atoms with Crippen molar-refractivity contribution in [1.29, 1.82) is 0 Å². The van der Waals surface area contributed by atoms with Gasteiger partial charge in [0.2, 0.25) is 5.95 Å². The van der Waals surface area contributed by atoms with Gasteiger partial charge in [-0.05, 0) is 5.56 Å². The van der Waals surface area contributed by atoms with E-state index in [-0.39, 0.29) is 11.9 Å². The highest BCUT2D eigenvalue weighted by atomic mass is 32.1. The van der Waals surface area contributed by atoms with Crippen molar-refractivity contribution in [2.45, 2.75) is 6.54 Å². The van der Waals surface area contributed by atoms with Crippen molar-refractivity contribution in [3.8, 4) is 10.6 Å². The molecule has 2 aromatic carbocycles. The molecule has 128 valence electrons. The summed E-state index contributed by atoms with van der Waals surface area (Å²) in [6.45, 7) is 0.596. The summed E-state index contributed by atoms with van der Waals surface area (Å²) in [5.41, 5.74) is 2.46. The molecule has 0 unspecified atom stereocenters. The molecule has 7 heteroatoms. The third-order valence-electron chi connectivity index (χ3n) is 3.71.